The molecule has 0 amide bonds. The zero-order chi connectivity index (χ0) is 0. The topological polar surface area (TPSA) is 0 Å². The van der Waals surface area contributed by atoms with Crippen molar-refractivity contribution in [2.45, 2.75) is 0 Å². The summed E-state index contributed by atoms with van der Waals surface area (Å²) in [6, 6.07) is 0. The van der Waals surface area contributed by atoms with Crippen LogP contribution in [0.15, 0.2) is 0 Å². The fraction of sp³-hybridized carbons (Fsp3) is 0. The number of hydrogen-bond donors (Lipinski definition) is 0. The minimum atomic E-state index is 0. The van der Waals surface area contributed by atoms with Gasteiger partial charge in [0.15, 0.2) is 0 Å². The molecule has 21 valence electrons. The summed E-state index contributed by atoms with van der Waals surface area (Å²) in [5.74, 6) is 0. The standard InChI is InChI=1S/B.Cr.Fe.Si. The molecule has 7 radical (unpaired) electrons. The van der Waals surface area contributed by atoms with Crippen LogP contribution in [0.4, 0.5) is 0 Å². The molecule has 0 N–H and O–H groups in total. The predicted octanol–water partition coefficient (Wildman–Crippen LogP) is -0.767. The van der Waals surface area contributed by atoms with Gasteiger partial charge in [0, 0.05) is 53.8 Å². The molecule has 0 aromatic rings. The Labute approximate surface area is 53.9 Å². The molecule has 0 rings (SSSR count). The van der Waals surface area contributed by atoms with Crippen molar-refractivity contribution in [1.29, 1.82) is 0 Å². The molecule has 0 atom stereocenters. The van der Waals surface area contributed by atoms with Gasteiger partial charge in [-0.1, -0.05) is 0 Å². The second kappa shape index (κ2) is 27.1. The first-order valence-corrected chi connectivity index (χ1v) is 0. The van der Waals surface area contributed by atoms with Gasteiger partial charge in [0.1, 0.15) is 0 Å². The van der Waals surface area contributed by atoms with Crippen LogP contribution in [0.2, 0.25) is 0 Å². The summed E-state index contributed by atoms with van der Waals surface area (Å²) in [4.78, 5) is 0. The molecule has 0 heterocycles. The molecule has 0 spiro atoms. The summed E-state index contributed by atoms with van der Waals surface area (Å²) in [5.41, 5.74) is 0. The smallest absolute Gasteiger partial charge is 0 e. The first-order valence-electron chi connectivity index (χ1n) is 0. The molecule has 0 aromatic carbocycles. The van der Waals surface area contributed by atoms with E-state index in [1.165, 1.54) is 0 Å². The second-order valence-corrected chi connectivity index (χ2v) is 0. The summed E-state index contributed by atoms with van der Waals surface area (Å²) in [7, 11) is 0. The van der Waals surface area contributed by atoms with E-state index in [0.717, 1.165) is 0 Å². The van der Waals surface area contributed by atoms with E-state index in [-0.39, 0.29) is 53.8 Å². The summed E-state index contributed by atoms with van der Waals surface area (Å²) >= 11 is 0. The van der Waals surface area contributed by atoms with Gasteiger partial charge in [0.05, 0.1) is 0 Å². The first kappa shape index (κ1) is 56.3. The Morgan fingerprint density at radius 2 is 1.00 bits per heavy atom. The van der Waals surface area contributed by atoms with Gasteiger partial charge >= 0.3 is 0 Å². The van der Waals surface area contributed by atoms with Crippen LogP contribution < -0.4 is 0 Å². The molecule has 0 unspecified atom stereocenters. The third-order valence-corrected chi connectivity index (χ3v) is 0. The Hall–Kier alpha value is 1.33. The predicted molar refractivity (Wildman–Crippen MR) is 11.5 cm³/mol. The molecule has 0 aliphatic carbocycles. The SMILES string of the molecule is [B].[Cr].[Fe].[Si]. The maximum absolute atomic E-state index is 0. The van der Waals surface area contributed by atoms with Gasteiger partial charge in [-0.25, -0.2) is 0 Å². The summed E-state index contributed by atoms with van der Waals surface area (Å²) in [5, 5.41) is 0. The van der Waals surface area contributed by atoms with Crippen LogP contribution in [-0.4, -0.2) is 19.4 Å². The fourth-order valence-corrected chi connectivity index (χ4v) is 0. The van der Waals surface area contributed by atoms with Crippen LogP contribution >= 0.6 is 0 Å². The minimum Gasteiger partial charge on any atom is 0 e. The molecule has 4 heavy (non-hydrogen) atoms. The van der Waals surface area contributed by atoms with Gasteiger partial charge in [-0.15, -0.1) is 0 Å². The molecule has 0 saturated carbocycles. The Morgan fingerprint density at radius 1 is 1.00 bits per heavy atom. The van der Waals surface area contributed by atoms with E-state index in [9.17, 15) is 0 Å². The van der Waals surface area contributed by atoms with Gasteiger partial charge < -0.3 is 0 Å². The van der Waals surface area contributed by atoms with Crippen molar-refractivity contribution >= 4 is 19.4 Å². The van der Waals surface area contributed by atoms with E-state index in [1.54, 1.807) is 0 Å². The Morgan fingerprint density at radius 3 is 1.00 bits per heavy atom. The minimum absolute atomic E-state index is 0. The van der Waals surface area contributed by atoms with Gasteiger partial charge in [-0.2, -0.15) is 0 Å². The first-order chi connectivity index (χ1) is 0. The van der Waals surface area contributed by atoms with Gasteiger partial charge in [-0.3, -0.25) is 0 Å². The van der Waals surface area contributed by atoms with Crippen molar-refractivity contribution in [3.63, 3.8) is 0 Å². The average molecular weight is 147 g/mol. The molecule has 0 saturated heterocycles. The van der Waals surface area contributed by atoms with Crippen LogP contribution in [0.3, 0.4) is 0 Å². The second-order valence-electron chi connectivity index (χ2n) is 0. The Bertz CT molecular complexity index is 8.00. The van der Waals surface area contributed by atoms with E-state index >= 15 is 0 Å². The molecular weight excluding hydrogens is 147 g/mol. The van der Waals surface area contributed by atoms with E-state index < -0.39 is 0 Å². The molecule has 0 nitrogen and oxygen atoms in total. The Balaban J connectivity index is 0. The van der Waals surface area contributed by atoms with Gasteiger partial charge in [-0.05, 0) is 0 Å². The largest absolute Gasteiger partial charge is 0 e. The third kappa shape index (κ3) is 10.2. The van der Waals surface area contributed by atoms with Crippen LogP contribution in [0, 0.1) is 0 Å². The average Bonchev–Trinajstić information content (AvgIpc) is 0. The molecule has 0 bridgehead atoms. The zero-order valence-electron chi connectivity index (χ0n) is 1.84. The molecule has 4 heteroatoms. The van der Waals surface area contributed by atoms with Crippen LogP contribution in [0.5, 0.6) is 0 Å². The van der Waals surface area contributed by atoms with Crippen molar-refractivity contribution in [3.8, 4) is 0 Å². The van der Waals surface area contributed by atoms with Crippen LogP contribution in [-0.2, 0) is 34.4 Å². The Kier molecular flexibility index (Phi) is 381. The van der Waals surface area contributed by atoms with Crippen molar-refractivity contribution in [2.75, 3.05) is 0 Å². The maximum atomic E-state index is 0. The molecule has 0 aliphatic heterocycles. The van der Waals surface area contributed by atoms with Crippen LogP contribution in [0.25, 0.3) is 0 Å². The van der Waals surface area contributed by atoms with Gasteiger partial charge in [0.2, 0.25) is 0 Å². The van der Waals surface area contributed by atoms with Crippen molar-refractivity contribution in [2.24, 2.45) is 0 Å². The summed E-state index contributed by atoms with van der Waals surface area (Å²) < 4.78 is 0. The van der Waals surface area contributed by atoms with E-state index in [2.05, 4.69) is 0 Å². The van der Waals surface area contributed by atoms with Crippen molar-refractivity contribution in [3.05, 3.63) is 0 Å². The number of rotatable bonds is 0. The van der Waals surface area contributed by atoms with Crippen molar-refractivity contribution < 1.29 is 34.4 Å². The van der Waals surface area contributed by atoms with E-state index in [0.29, 0.717) is 0 Å². The third-order valence-electron chi connectivity index (χ3n) is 0. The molecule has 0 fully saturated rings. The van der Waals surface area contributed by atoms with Crippen molar-refractivity contribution in [1.82, 2.24) is 0 Å². The number of hydrogen-bond acceptors (Lipinski definition) is 0. The molecule has 0 aliphatic rings. The van der Waals surface area contributed by atoms with Crippen LogP contribution in [0.1, 0.15) is 0 Å². The van der Waals surface area contributed by atoms with Gasteiger partial charge in [0.25, 0.3) is 0 Å². The molecule has 0 aromatic heterocycles. The normalized spacial score (nSPS) is 0. The quantitative estimate of drug-likeness (QED) is 0.394. The monoisotopic (exact) mass is 147 g/mol. The summed E-state index contributed by atoms with van der Waals surface area (Å²) in [6.45, 7) is 0. The summed E-state index contributed by atoms with van der Waals surface area (Å²) in [6.07, 6.45) is 0. The maximum Gasteiger partial charge on any atom is 0 e. The fourth-order valence-electron chi connectivity index (χ4n) is 0. The van der Waals surface area contributed by atoms with E-state index in [1.807, 2.05) is 0 Å². The molecular formula is BCrFeSi. The van der Waals surface area contributed by atoms with E-state index in [4.69, 9.17) is 0 Å². The zero-order valence-corrected chi connectivity index (χ0v) is 5.22.